The van der Waals surface area contributed by atoms with Gasteiger partial charge < -0.3 is 8.85 Å². The molecule has 0 N–H and O–H groups in total. The lowest BCUT2D eigenvalue weighted by Gasteiger charge is -2.21. The summed E-state index contributed by atoms with van der Waals surface area (Å²) in [6.45, 7) is 0. The number of rotatable bonds is 7. The Morgan fingerprint density at radius 2 is 1.67 bits per heavy atom. The van der Waals surface area contributed by atoms with Crippen molar-refractivity contribution in [1.82, 2.24) is 0 Å². The highest BCUT2D eigenvalue weighted by atomic mass is 28.3. The van der Waals surface area contributed by atoms with Gasteiger partial charge in [0.15, 0.2) is 0 Å². The van der Waals surface area contributed by atoms with E-state index in [2.05, 4.69) is 0 Å². The van der Waals surface area contributed by atoms with Crippen molar-refractivity contribution in [3.63, 3.8) is 0 Å². The minimum atomic E-state index is -0.926. The van der Waals surface area contributed by atoms with E-state index in [0.717, 1.165) is 12.0 Å². The van der Waals surface area contributed by atoms with Crippen molar-refractivity contribution in [2.24, 2.45) is 5.92 Å². The first-order chi connectivity index (χ1) is 7.36. The molecule has 1 aliphatic carbocycles. The predicted octanol–water partition coefficient (Wildman–Crippen LogP) is 3.52. The molecule has 3 heteroatoms. The smallest absolute Gasteiger partial charge is 0.384 e. The molecule has 15 heavy (non-hydrogen) atoms. The Morgan fingerprint density at radius 1 is 1.00 bits per heavy atom. The molecule has 1 rings (SSSR count). The van der Waals surface area contributed by atoms with E-state index in [4.69, 9.17) is 8.85 Å². The maximum atomic E-state index is 5.27. The van der Waals surface area contributed by atoms with Gasteiger partial charge in [0.25, 0.3) is 0 Å². The van der Waals surface area contributed by atoms with Crippen LogP contribution in [0, 0.1) is 5.92 Å². The molecule has 0 aliphatic heterocycles. The molecule has 89 valence electrons. The van der Waals surface area contributed by atoms with Crippen LogP contribution in [0.4, 0.5) is 0 Å². The van der Waals surface area contributed by atoms with E-state index in [9.17, 15) is 0 Å². The monoisotopic (exact) mass is 229 g/mol. The van der Waals surface area contributed by atoms with Crippen molar-refractivity contribution < 1.29 is 8.85 Å². The van der Waals surface area contributed by atoms with Gasteiger partial charge in [-0.15, -0.1) is 0 Å². The Labute approximate surface area is 96.2 Å². The maximum absolute atomic E-state index is 5.27. The van der Waals surface area contributed by atoms with Crippen molar-refractivity contribution in [2.45, 2.75) is 57.4 Å². The van der Waals surface area contributed by atoms with Gasteiger partial charge >= 0.3 is 9.28 Å². The van der Waals surface area contributed by atoms with Gasteiger partial charge in [-0.1, -0.05) is 51.4 Å². The fraction of sp³-hybridized carbons (Fsp3) is 1.00. The third-order valence-corrected chi connectivity index (χ3v) is 5.10. The summed E-state index contributed by atoms with van der Waals surface area (Å²) in [6.07, 6.45) is 11.4. The third-order valence-electron chi connectivity index (χ3n) is 3.42. The zero-order chi connectivity index (χ0) is 10.9. The van der Waals surface area contributed by atoms with Gasteiger partial charge in [0.2, 0.25) is 0 Å². The predicted molar refractivity (Wildman–Crippen MR) is 65.0 cm³/mol. The van der Waals surface area contributed by atoms with Gasteiger partial charge in [-0.05, 0) is 12.0 Å². The summed E-state index contributed by atoms with van der Waals surface area (Å²) < 4.78 is 10.5. The highest BCUT2D eigenvalue weighted by Crippen LogP contribution is 2.28. The van der Waals surface area contributed by atoms with E-state index < -0.39 is 9.28 Å². The summed E-state index contributed by atoms with van der Waals surface area (Å²) in [5.74, 6) is 1.03. The molecule has 2 nitrogen and oxygen atoms in total. The lowest BCUT2D eigenvalue weighted by atomic mass is 9.86. The Balaban J connectivity index is 1.95. The summed E-state index contributed by atoms with van der Waals surface area (Å²) in [5, 5.41) is 0. The minimum Gasteiger partial charge on any atom is -0.397 e. The lowest BCUT2D eigenvalue weighted by Crippen LogP contribution is -2.18. The van der Waals surface area contributed by atoms with Crippen LogP contribution >= 0.6 is 0 Å². The summed E-state index contributed by atoms with van der Waals surface area (Å²) >= 11 is 0. The molecule has 0 aromatic heterocycles. The Bertz CT molecular complexity index is 143. The van der Waals surface area contributed by atoms with Crippen LogP contribution in [0.15, 0.2) is 0 Å². The van der Waals surface area contributed by atoms with Gasteiger partial charge in [0.1, 0.15) is 0 Å². The average Bonchev–Trinajstić information content (AvgIpc) is 2.31. The van der Waals surface area contributed by atoms with Crippen LogP contribution in [0.25, 0.3) is 0 Å². The SMILES string of the molecule is CO[Si](CCCCC1CCCCC1)OC. The van der Waals surface area contributed by atoms with E-state index >= 15 is 0 Å². The Hall–Kier alpha value is 0.137. The molecular formula is C12H25O2Si. The van der Waals surface area contributed by atoms with E-state index in [0.29, 0.717) is 0 Å². The third kappa shape index (κ3) is 5.69. The molecule has 0 atom stereocenters. The molecule has 1 saturated carbocycles. The first-order valence-electron chi connectivity index (χ1n) is 6.30. The van der Waals surface area contributed by atoms with Crippen LogP contribution in [0.3, 0.4) is 0 Å². The summed E-state index contributed by atoms with van der Waals surface area (Å²) in [4.78, 5) is 0. The Morgan fingerprint density at radius 3 is 2.27 bits per heavy atom. The van der Waals surface area contributed by atoms with Gasteiger partial charge in [-0.2, -0.15) is 0 Å². The van der Waals surface area contributed by atoms with Crippen molar-refractivity contribution >= 4 is 9.28 Å². The van der Waals surface area contributed by atoms with Crippen LogP contribution in [0.2, 0.25) is 6.04 Å². The van der Waals surface area contributed by atoms with Crippen LogP contribution in [-0.2, 0) is 8.85 Å². The van der Waals surface area contributed by atoms with E-state index in [1.54, 1.807) is 14.2 Å². The fourth-order valence-corrected chi connectivity index (χ4v) is 3.58. The highest BCUT2D eigenvalue weighted by molar-refractivity contribution is 6.44. The minimum absolute atomic E-state index is 0.926. The van der Waals surface area contributed by atoms with Crippen LogP contribution in [0.5, 0.6) is 0 Å². The van der Waals surface area contributed by atoms with Crippen LogP contribution in [-0.4, -0.2) is 23.5 Å². The summed E-state index contributed by atoms with van der Waals surface area (Å²) in [7, 11) is 2.60. The molecule has 1 aliphatic rings. The maximum Gasteiger partial charge on any atom is 0.384 e. The molecule has 0 amide bonds. The highest BCUT2D eigenvalue weighted by Gasteiger charge is 2.14. The second-order valence-corrected chi connectivity index (χ2v) is 6.59. The van der Waals surface area contributed by atoms with E-state index in [1.807, 2.05) is 0 Å². The molecular weight excluding hydrogens is 204 g/mol. The number of hydrogen-bond acceptors (Lipinski definition) is 2. The molecule has 0 saturated heterocycles. The van der Waals surface area contributed by atoms with Gasteiger partial charge in [-0.25, -0.2) is 0 Å². The average molecular weight is 229 g/mol. The first kappa shape index (κ1) is 13.2. The topological polar surface area (TPSA) is 18.5 Å². The fourth-order valence-electron chi connectivity index (χ4n) is 2.47. The van der Waals surface area contributed by atoms with Crippen molar-refractivity contribution in [2.75, 3.05) is 14.2 Å². The van der Waals surface area contributed by atoms with Gasteiger partial charge in [-0.3, -0.25) is 0 Å². The quantitative estimate of drug-likeness (QED) is 0.491. The molecule has 0 spiro atoms. The first-order valence-corrected chi connectivity index (χ1v) is 7.83. The molecule has 0 unspecified atom stereocenters. The molecule has 1 fully saturated rings. The standard InChI is InChI=1S/C12H25O2Si/c1-13-15(14-2)11-7-6-10-12-8-4-3-5-9-12/h12H,3-11H2,1-2H3. The lowest BCUT2D eigenvalue weighted by molar-refractivity contribution is 0.274. The van der Waals surface area contributed by atoms with E-state index in [1.165, 1.54) is 51.4 Å². The molecule has 0 aromatic carbocycles. The molecule has 1 radical (unpaired) electrons. The zero-order valence-corrected chi connectivity index (χ0v) is 11.3. The van der Waals surface area contributed by atoms with Crippen LogP contribution in [0.1, 0.15) is 51.4 Å². The largest absolute Gasteiger partial charge is 0.397 e. The molecule has 0 aromatic rings. The van der Waals surface area contributed by atoms with Crippen molar-refractivity contribution in [3.05, 3.63) is 0 Å². The second-order valence-electron chi connectivity index (χ2n) is 4.53. The van der Waals surface area contributed by atoms with Crippen molar-refractivity contribution in [3.8, 4) is 0 Å². The number of hydrogen-bond donors (Lipinski definition) is 0. The van der Waals surface area contributed by atoms with Gasteiger partial charge in [0.05, 0.1) is 0 Å². The normalized spacial score (nSPS) is 18.6. The molecule has 0 bridgehead atoms. The van der Waals surface area contributed by atoms with E-state index in [-0.39, 0.29) is 0 Å². The van der Waals surface area contributed by atoms with Gasteiger partial charge in [0, 0.05) is 14.2 Å². The zero-order valence-electron chi connectivity index (χ0n) is 10.3. The second kappa shape index (κ2) is 8.31. The van der Waals surface area contributed by atoms with Crippen molar-refractivity contribution in [1.29, 1.82) is 0 Å². The summed E-state index contributed by atoms with van der Waals surface area (Å²) in [6, 6.07) is 1.14. The molecule has 0 heterocycles. The Kier molecular flexibility index (Phi) is 7.31. The summed E-state index contributed by atoms with van der Waals surface area (Å²) in [5.41, 5.74) is 0. The van der Waals surface area contributed by atoms with Crippen LogP contribution < -0.4 is 0 Å². The number of unbranched alkanes of at least 4 members (excludes halogenated alkanes) is 1.